The van der Waals surface area contributed by atoms with Crippen LogP contribution in [0.2, 0.25) is 0 Å². The van der Waals surface area contributed by atoms with E-state index in [1.165, 1.54) is 5.56 Å². The fourth-order valence-corrected chi connectivity index (χ4v) is 2.14. The molecule has 0 amide bonds. The molecule has 1 saturated heterocycles. The number of furan rings is 1. The van der Waals surface area contributed by atoms with Crippen molar-refractivity contribution in [2.24, 2.45) is 5.92 Å². The molecule has 1 N–H and O–H groups in total. The number of ether oxygens (including phenoxy) is 1. The van der Waals surface area contributed by atoms with Crippen LogP contribution in [0.3, 0.4) is 0 Å². The van der Waals surface area contributed by atoms with E-state index in [2.05, 4.69) is 30.1 Å². The van der Waals surface area contributed by atoms with Gasteiger partial charge in [0.15, 0.2) is 0 Å². The van der Waals surface area contributed by atoms with Gasteiger partial charge in [0.25, 0.3) is 0 Å². The minimum Gasteiger partial charge on any atom is -0.468 e. The average Bonchev–Trinajstić information content (AvgIpc) is 2.78. The first-order valence-corrected chi connectivity index (χ1v) is 6.82. The molecule has 1 fully saturated rings. The Morgan fingerprint density at radius 3 is 2.83 bits per heavy atom. The van der Waals surface area contributed by atoms with E-state index in [9.17, 15) is 0 Å². The highest BCUT2D eigenvalue weighted by molar-refractivity contribution is 5.16. The quantitative estimate of drug-likeness (QED) is 0.838. The summed E-state index contributed by atoms with van der Waals surface area (Å²) in [6.07, 6.45) is 1.79. The summed E-state index contributed by atoms with van der Waals surface area (Å²) in [5, 5.41) is 3.43. The van der Waals surface area contributed by atoms with Crippen molar-refractivity contribution in [3.8, 4) is 0 Å². The highest BCUT2D eigenvalue weighted by Gasteiger charge is 2.14. The Balaban J connectivity index is 1.82. The van der Waals surface area contributed by atoms with Gasteiger partial charge in [-0.3, -0.25) is 4.90 Å². The van der Waals surface area contributed by atoms with Gasteiger partial charge in [0.2, 0.25) is 0 Å². The molecule has 1 aromatic heterocycles. The third-order valence-corrected chi connectivity index (χ3v) is 3.17. The zero-order chi connectivity index (χ0) is 12.8. The van der Waals surface area contributed by atoms with Gasteiger partial charge in [-0.05, 0) is 18.5 Å². The molecule has 0 bridgehead atoms. The van der Waals surface area contributed by atoms with Crippen molar-refractivity contribution in [3.63, 3.8) is 0 Å². The van der Waals surface area contributed by atoms with E-state index >= 15 is 0 Å². The van der Waals surface area contributed by atoms with Crippen LogP contribution in [0, 0.1) is 5.92 Å². The summed E-state index contributed by atoms with van der Waals surface area (Å²) in [5.74, 6) is 1.74. The predicted molar refractivity (Wildman–Crippen MR) is 71.3 cm³/mol. The summed E-state index contributed by atoms with van der Waals surface area (Å²) in [6, 6.07) is 2.09. The molecular formula is C14H24N2O2. The van der Waals surface area contributed by atoms with Crippen molar-refractivity contribution in [1.82, 2.24) is 10.2 Å². The van der Waals surface area contributed by atoms with Crippen LogP contribution < -0.4 is 5.32 Å². The van der Waals surface area contributed by atoms with Crippen molar-refractivity contribution in [1.29, 1.82) is 0 Å². The molecule has 0 aliphatic carbocycles. The van der Waals surface area contributed by atoms with Gasteiger partial charge in [-0.2, -0.15) is 0 Å². The van der Waals surface area contributed by atoms with E-state index < -0.39 is 0 Å². The first kappa shape index (κ1) is 13.6. The highest BCUT2D eigenvalue weighted by atomic mass is 16.5. The molecule has 0 atom stereocenters. The maximum absolute atomic E-state index is 5.57. The Hall–Kier alpha value is -0.840. The maximum Gasteiger partial charge on any atom is 0.122 e. The Morgan fingerprint density at radius 1 is 1.33 bits per heavy atom. The lowest BCUT2D eigenvalue weighted by Crippen LogP contribution is -2.35. The first-order chi connectivity index (χ1) is 8.75. The number of hydrogen-bond donors (Lipinski definition) is 1. The molecule has 4 heteroatoms. The Labute approximate surface area is 109 Å². The van der Waals surface area contributed by atoms with E-state index in [1.807, 2.05) is 0 Å². The normalized spacial score (nSPS) is 17.5. The van der Waals surface area contributed by atoms with Crippen LogP contribution in [-0.4, -0.2) is 37.7 Å². The van der Waals surface area contributed by atoms with Crippen molar-refractivity contribution in [3.05, 3.63) is 23.7 Å². The van der Waals surface area contributed by atoms with E-state index in [0.717, 1.165) is 51.7 Å². The van der Waals surface area contributed by atoms with Crippen LogP contribution in [0.1, 0.15) is 25.2 Å². The fourth-order valence-electron chi connectivity index (χ4n) is 2.14. The summed E-state index contributed by atoms with van der Waals surface area (Å²) < 4.78 is 10.9. The first-order valence-electron chi connectivity index (χ1n) is 6.82. The van der Waals surface area contributed by atoms with E-state index in [-0.39, 0.29) is 0 Å². The standard InChI is InChI=1S/C14H24N2O2/c1-12(2)9-15-10-14-13(3-6-18-14)11-16-4-7-17-8-5-16/h3,6,12,15H,4-5,7-11H2,1-2H3. The molecule has 1 aromatic rings. The molecule has 0 saturated carbocycles. The van der Waals surface area contributed by atoms with Crippen LogP contribution >= 0.6 is 0 Å². The van der Waals surface area contributed by atoms with Crippen molar-refractivity contribution in [2.75, 3.05) is 32.8 Å². The number of hydrogen-bond acceptors (Lipinski definition) is 4. The second kappa shape index (κ2) is 6.92. The maximum atomic E-state index is 5.57. The zero-order valence-electron chi connectivity index (χ0n) is 11.4. The van der Waals surface area contributed by atoms with Crippen LogP contribution in [0.4, 0.5) is 0 Å². The van der Waals surface area contributed by atoms with Crippen molar-refractivity contribution >= 4 is 0 Å². The Kier molecular flexibility index (Phi) is 5.23. The summed E-state index contributed by atoms with van der Waals surface area (Å²) in [5.41, 5.74) is 1.30. The summed E-state index contributed by atoms with van der Waals surface area (Å²) in [4.78, 5) is 2.42. The molecule has 0 unspecified atom stereocenters. The van der Waals surface area contributed by atoms with Gasteiger partial charge in [-0.25, -0.2) is 0 Å². The molecule has 0 spiro atoms. The highest BCUT2D eigenvalue weighted by Crippen LogP contribution is 2.14. The minimum absolute atomic E-state index is 0.669. The lowest BCUT2D eigenvalue weighted by atomic mass is 10.2. The predicted octanol–water partition coefficient (Wildman–Crippen LogP) is 1.86. The van der Waals surface area contributed by atoms with E-state index in [4.69, 9.17) is 9.15 Å². The van der Waals surface area contributed by atoms with Gasteiger partial charge in [0.05, 0.1) is 26.0 Å². The molecule has 0 aromatic carbocycles. The second-order valence-electron chi connectivity index (χ2n) is 5.28. The van der Waals surface area contributed by atoms with Crippen LogP contribution in [-0.2, 0) is 17.8 Å². The smallest absolute Gasteiger partial charge is 0.122 e. The molecule has 102 valence electrons. The summed E-state index contributed by atoms with van der Waals surface area (Å²) in [6.45, 7) is 11.0. The van der Waals surface area contributed by atoms with E-state index in [0.29, 0.717) is 5.92 Å². The molecule has 2 rings (SSSR count). The van der Waals surface area contributed by atoms with Gasteiger partial charge in [-0.1, -0.05) is 13.8 Å². The van der Waals surface area contributed by atoms with Crippen molar-refractivity contribution < 1.29 is 9.15 Å². The monoisotopic (exact) mass is 252 g/mol. The average molecular weight is 252 g/mol. The molecule has 0 radical (unpaired) electrons. The Bertz CT molecular complexity index is 343. The number of nitrogens with zero attached hydrogens (tertiary/aromatic N) is 1. The molecular weight excluding hydrogens is 228 g/mol. The van der Waals surface area contributed by atoms with Crippen molar-refractivity contribution in [2.45, 2.75) is 26.9 Å². The lowest BCUT2D eigenvalue weighted by Gasteiger charge is -2.26. The number of nitrogens with one attached hydrogen (secondary N) is 1. The van der Waals surface area contributed by atoms with Crippen LogP contribution in [0.25, 0.3) is 0 Å². The number of morpholine rings is 1. The molecule has 1 aliphatic heterocycles. The molecule has 2 heterocycles. The van der Waals surface area contributed by atoms with Gasteiger partial charge >= 0.3 is 0 Å². The lowest BCUT2D eigenvalue weighted by molar-refractivity contribution is 0.0339. The van der Waals surface area contributed by atoms with Crippen LogP contribution in [0.15, 0.2) is 16.7 Å². The topological polar surface area (TPSA) is 37.6 Å². The molecule has 18 heavy (non-hydrogen) atoms. The summed E-state index contributed by atoms with van der Waals surface area (Å²) in [7, 11) is 0. The third kappa shape index (κ3) is 4.12. The second-order valence-corrected chi connectivity index (χ2v) is 5.28. The minimum atomic E-state index is 0.669. The largest absolute Gasteiger partial charge is 0.468 e. The summed E-state index contributed by atoms with van der Waals surface area (Å²) >= 11 is 0. The van der Waals surface area contributed by atoms with Gasteiger partial charge < -0.3 is 14.5 Å². The SMILES string of the molecule is CC(C)CNCc1occc1CN1CCOCC1. The molecule has 4 nitrogen and oxygen atoms in total. The van der Waals surface area contributed by atoms with E-state index in [1.54, 1.807) is 6.26 Å². The Morgan fingerprint density at radius 2 is 2.11 bits per heavy atom. The van der Waals surface area contributed by atoms with Gasteiger partial charge in [0.1, 0.15) is 5.76 Å². The zero-order valence-corrected chi connectivity index (χ0v) is 11.4. The van der Waals surface area contributed by atoms with Gasteiger partial charge in [0, 0.05) is 25.2 Å². The third-order valence-electron chi connectivity index (χ3n) is 3.17. The van der Waals surface area contributed by atoms with Gasteiger partial charge in [-0.15, -0.1) is 0 Å². The van der Waals surface area contributed by atoms with Crippen LogP contribution in [0.5, 0.6) is 0 Å². The fraction of sp³-hybridized carbons (Fsp3) is 0.714. The molecule has 1 aliphatic rings. The number of rotatable bonds is 6.